The summed E-state index contributed by atoms with van der Waals surface area (Å²) in [5, 5.41) is 18.6. The molecule has 11 atom stereocenters. The highest BCUT2D eigenvalue weighted by molar-refractivity contribution is 7.09. The number of primary amides is 1. The van der Waals surface area contributed by atoms with E-state index in [2.05, 4.69) is 61.2 Å². The smallest absolute Gasteiger partial charge is 0.424 e. The van der Waals surface area contributed by atoms with E-state index >= 15 is 4.79 Å². The van der Waals surface area contributed by atoms with Crippen LogP contribution < -0.4 is 27.0 Å². The summed E-state index contributed by atoms with van der Waals surface area (Å²) in [6.45, 7) is 24.5. The maximum absolute atomic E-state index is 15.1. The van der Waals surface area contributed by atoms with Crippen molar-refractivity contribution in [2.45, 2.75) is 265 Å². The fourth-order valence-electron chi connectivity index (χ4n) is 20.0. The standard InChI is InChI=1S/C111H156N14O20S/c1-19-74(8)101(94(139-17)67-97(130)125-53-30-40-92(125)102(140-18)75(9)103(132)116-90(106-113-52-62-146-106)63-76-31-21-20-22-32-76)119(14)107(135)99(72(4)5)117-105(134)100(73(6)7)120(15)109(137)143-69-78-43-41-77(42-44-78)64-93(127)89(38-29-51-114-108(112)136)115-104(133)87(71(2)3)66-82(126)45-46-96(129)124(57-59-142-61-60-141-58-50-98(131)145-111(10,11)12)80-47-54-122(55-48-80)95(128)49-56-123-81(65-79-33-23-28-39-91(79)123)68-118(13)121(16)110(138)144-70-88-85-36-26-24-34-83(85)84-35-25-27-37-86(84)88/h20-28,31-37,39,41-44,52,62,65,71-75,80,87-90,92,94,99-102H,19,29-30,38,40,45-51,53-61,63-64,66-70H2,1-18H3,(H,115,133)(H,116,132)(H,117,134)(H3,112,114,136)/t74-,75+,87-,89-,90-,92-,94+,99-,100-,101-,102+/m0/s1. The van der Waals surface area contributed by atoms with E-state index in [4.69, 9.17) is 38.9 Å². The number of esters is 1. The predicted octanol–water partition coefficient (Wildman–Crippen LogP) is 13.8. The van der Waals surface area contributed by atoms with E-state index in [9.17, 15) is 57.5 Å². The average Bonchev–Trinajstić information content (AvgIpc) is 1.60. The van der Waals surface area contributed by atoms with E-state index < -0.39 is 114 Å². The number of para-hydroxylation sites is 1. The van der Waals surface area contributed by atoms with Gasteiger partial charge in [-0.2, -0.15) is 0 Å². The minimum atomic E-state index is -1.11. The highest BCUT2D eigenvalue weighted by Gasteiger charge is 2.46. The lowest BCUT2D eigenvalue weighted by Gasteiger charge is -2.41. The summed E-state index contributed by atoms with van der Waals surface area (Å²) in [5.74, 6) is -6.67. The molecule has 2 saturated heterocycles. The maximum atomic E-state index is 15.1. The molecule has 0 saturated carbocycles. The molecule has 7 aromatic rings. The van der Waals surface area contributed by atoms with Crippen LogP contribution in [0.15, 0.2) is 145 Å². The number of likely N-dealkylation sites (tertiary alicyclic amines) is 2. The number of ketones is 2. The van der Waals surface area contributed by atoms with Gasteiger partial charge in [0.25, 0.3) is 0 Å². The lowest BCUT2D eigenvalue weighted by molar-refractivity contribution is -0.156. The van der Waals surface area contributed by atoms with Gasteiger partial charge in [0.15, 0.2) is 5.78 Å². The number of aromatic nitrogens is 2. The summed E-state index contributed by atoms with van der Waals surface area (Å²) in [4.78, 5) is 196. The first kappa shape index (κ1) is 116. The van der Waals surface area contributed by atoms with Gasteiger partial charge in [-0.1, -0.05) is 190 Å². The Morgan fingerprint density at radius 1 is 0.630 bits per heavy atom. The number of rotatable bonds is 56. The molecule has 0 radical (unpaired) electrons. The number of benzene rings is 5. The monoisotopic (exact) mass is 2040 g/mol. The number of likely N-dealkylation sites (N-methyl/N-ethyl adjacent to an activating group) is 2. The Morgan fingerprint density at radius 3 is 1.90 bits per heavy atom. The summed E-state index contributed by atoms with van der Waals surface area (Å²) < 4.78 is 43.3. The lowest BCUT2D eigenvalue weighted by Crippen LogP contribution is -2.60. The Balaban J connectivity index is 0.710. The predicted molar refractivity (Wildman–Crippen MR) is 558 cm³/mol. The number of ether oxygens (including phenoxy) is 7. The molecule has 5 aromatic carbocycles. The first-order chi connectivity index (χ1) is 69.7. The summed E-state index contributed by atoms with van der Waals surface area (Å²) in [7, 11) is 9.67. The SMILES string of the molecule is CC[C@H](C)[C@@H]([C@@H](CC(=O)N1CCC[C@H]1[C@H](OC)[C@@H](C)C(=O)N[C@@H](Cc1ccccc1)c1nccs1)OC)N(C)C(=O)[C@@H](NC(=O)[C@H](C(C)C)N(C)C(=O)OCc1ccc(CC(=O)[C@H](CCCNC(N)=O)NC(=O)[C@@H](CC(=O)CCC(=O)N(CCOCCOCCC(=O)OC(C)(C)C)C2CCN(C(=O)CCn3c(CN(C)N(C)C(=O)OCC4c5ccccc5-c5ccccc54)cc4ccccc43)CC2)C(C)C)cc1)C(C)C. The molecule has 10 rings (SSSR count). The summed E-state index contributed by atoms with van der Waals surface area (Å²) in [6.07, 6.45) is 2.00. The van der Waals surface area contributed by atoms with Crippen LogP contribution in [-0.2, 0) is 114 Å². The summed E-state index contributed by atoms with van der Waals surface area (Å²) >= 11 is 1.47. The van der Waals surface area contributed by atoms with Crippen LogP contribution in [0.1, 0.15) is 217 Å². The van der Waals surface area contributed by atoms with Gasteiger partial charge in [-0.15, -0.1) is 11.3 Å². The molecule has 34 nitrogen and oxygen atoms in total. The van der Waals surface area contributed by atoms with Gasteiger partial charge >= 0.3 is 24.2 Å². The van der Waals surface area contributed by atoms with Gasteiger partial charge in [0, 0.05) is 154 Å². The van der Waals surface area contributed by atoms with Crippen LogP contribution >= 0.6 is 11.3 Å². The number of nitrogens with zero attached hydrogens (tertiary/aromatic N) is 9. The molecule has 0 unspecified atom stereocenters. The molecule has 2 fully saturated rings. The Bertz CT molecular complexity index is 5430. The number of urea groups is 1. The summed E-state index contributed by atoms with van der Waals surface area (Å²) in [6, 6.07) is 37.2. The van der Waals surface area contributed by atoms with Crippen molar-refractivity contribution in [3.8, 4) is 11.1 Å². The van der Waals surface area contributed by atoms with Crippen LogP contribution in [0.2, 0.25) is 0 Å². The second kappa shape index (κ2) is 56.2. The third-order valence-corrected chi connectivity index (χ3v) is 29.2. The van der Waals surface area contributed by atoms with E-state index in [0.29, 0.717) is 82.4 Å². The largest absolute Gasteiger partial charge is 0.460 e. The number of hydrogen-bond donors (Lipinski definition) is 5. The average molecular weight is 2040 g/mol. The number of aryl methyl sites for hydroxylation is 1. The number of nitrogens with two attached hydrogens (primary N) is 1. The van der Waals surface area contributed by atoms with Crippen LogP contribution in [-0.4, -0.2) is 283 Å². The number of hydrogen-bond acceptors (Lipinski definition) is 23. The second-order valence-corrected chi connectivity index (χ2v) is 41.8. The zero-order chi connectivity index (χ0) is 106. The van der Waals surface area contributed by atoms with Crippen molar-refractivity contribution in [1.82, 2.24) is 65.3 Å². The summed E-state index contributed by atoms with van der Waals surface area (Å²) in [5.41, 5.74) is 13.2. The second-order valence-electron chi connectivity index (χ2n) is 40.8. The number of carbonyl (C=O) groups excluding carboxylic acids is 13. The van der Waals surface area contributed by atoms with E-state index in [1.54, 1.807) is 120 Å². The molecule has 0 bridgehead atoms. The Labute approximate surface area is 864 Å². The zero-order valence-corrected chi connectivity index (χ0v) is 89.4. The Morgan fingerprint density at radius 2 is 1.28 bits per heavy atom. The van der Waals surface area contributed by atoms with Crippen molar-refractivity contribution in [1.29, 1.82) is 0 Å². The topological polar surface area (TPSA) is 401 Å². The number of fused-ring (bicyclic) bond motifs is 4. The molecule has 146 heavy (non-hydrogen) atoms. The van der Waals surface area contributed by atoms with E-state index in [1.165, 1.54) is 35.4 Å². The number of carbonyl (C=O) groups is 13. The minimum Gasteiger partial charge on any atom is -0.460 e. The van der Waals surface area contributed by atoms with Crippen molar-refractivity contribution < 1.29 is 95.5 Å². The fraction of sp³-hybridized carbons (Fsp3) is 0.568. The number of methoxy groups -OCH3 is 2. The molecule has 2 aromatic heterocycles. The van der Waals surface area contributed by atoms with Gasteiger partial charge in [-0.25, -0.2) is 29.4 Å². The Kier molecular flexibility index (Phi) is 44.6. The molecule has 11 amide bonds. The van der Waals surface area contributed by atoms with Crippen LogP contribution in [0.4, 0.5) is 14.4 Å². The van der Waals surface area contributed by atoms with Crippen LogP contribution in [0.5, 0.6) is 0 Å². The number of Topliss-reactive ketones (excluding diaryl/α,β-unsaturated/α-hetero) is 2. The molecule has 796 valence electrons. The molecule has 6 N–H and O–H groups in total. The molecular formula is C111H156N14O20S. The molecule has 35 heteroatoms. The first-order valence-electron chi connectivity index (χ1n) is 51.5. The highest BCUT2D eigenvalue weighted by Crippen LogP contribution is 2.45. The number of piperidine rings is 1. The number of amides is 11. The zero-order valence-electron chi connectivity index (χ0n) is 88.6. The van der Waals surface area contributed by atoms with Crippen molar-refractivity contribution in [3.05, 3.63) is 184 Å². The maximum Gasteiger partial charge on any atom is 0.424 e. The number of thiazole rings is 1. The number of hydrazine groups is 1. The van der Waals surface area contributed by atoms with E-state index in [1.807, 2.05) is 131 Å². The van der Waals surface area contributed by atoms with Crippen molar-refractivity contribution in [3.63, 3.8) is 0 Å². The third-order valence-electron chi connectivity index (χ3n) is 28.3. The Hall–Kier alpha value is -12.0. The third kappa shape index (κ3) is 32.7. The quantitative estimate of drug-likeness (QED) is 0.0102. The van der Waals surface area contributed by atoms with Gasteiger partial charge in [0.2, 0.25) is 41.4 Å². The van der Waals surface area contributed by atoms with Crippen LogP contribution in [0.3, 0.4) is 0 Å². The van der Waals surface area contributed by atoms with Gasteiger partial charge in [0.05, 0.1) is 88.1 Å². The normalized spacial score (nSPS) is 15.9. The van der Waals surface area contributed by atoms with Gasteiger partial charge in [-0.05, 0) is 146 Å². The minimum absolute atomic E-state index is 0.0609. The fourth-order valence-corrected chi connectivity index (χ4v) is 20.7. The lowest BCUT2D eigenvalue weighted by atomic mass is 9.88. The van der Waals surface area contributed by atoms with E-state index in [0.717, 1.165) is 49.4 Å². The van der Waals surface area contributed by atoms with E-state index in [-0.39, 0.29) is 176 Å². The first-order valence-corrected chi connectivity index (χ1v) is 52.4. The molecule has 1 aliphatic carbocycles. The molecule has 2 aliphatic heterocycles. The van der Waals surface area contributed by atoms with Crippen LogP contribution in [0.25, 0.3) is 22.0 Å². The van der Waals surface area contributed by atoms with Crippen LogP contribution in [0, 0.1) is 35.5 Å². The highest BCUT2D eigenvalue weighted by atomic mass is 32.1. The number of nitrogens with one attached hydrogen (secondary N) is 4. The molecule has 0 spiro atoms. The van der Waals surface area contributed by atoms with Crippen molar-refractivity contribution >= 4 is 99.3 Å². The van der Waals surface area contributed by atoms with Gasteiger partial charge in [0.1, 0.15) is 41.7 Å². The molecule has 4 heterocycles. The molecular weight excluding hydrogens is 1880 g/mol. The van der Waals surface area contributed by atoms with Crippen molar-refractivity contribution in [2.75, 3.05) is 108 Å². The van der Waals surface area contributed by atoms with Crippen molar-refractivity contribution in [2.24, 2.45) is 41.2 Å². The van der Waals surface area contributed by atoms with Gasteiger partial charge < -0.3 is 84.3 Å². The van der Waals surface area contributed by atoms with Gasteiger partial charge in [-0.3, -0.25) is 52.8 Å². The molecule has 3 aliphatic rings.